The Morgan fingerprint density at radius 3 is 2.47 bits per heavy atom. The SMILES string of the molecule is O=C(CN(C1CCCCC1)S(=O)(=O)c1ccc(Cl)cc1)N/N=C\c1ccccc1O. The molecule has 0 heterocycles. The van der Waals surface area contributed by atoms with E-state index in [0.29, 0.717) is 23.4 Å². The van der Waals surface area contributed by atoms with E-state index in [1.165, 1.54) is 40.9 Å². The summed E-state index contributed by atoms with van der Waals surface area (Å²) in [7, 11) is -3.87. The zero-order valence-electron chi connectivity index (χ0n) is 16.4. The second kappa shape index (κ2) is 10.1. The summed E-state index contributed by atoms with van der Waals surface area (Å²) in [4.78, 5) is 12.6. The van der Waals surface area contributed by atoms with Crippen molar-refractivity contribution in [3.05, 3.63) is 59.1 Å². The molecule has 0 aliphatic heterocycles. The number of nitrogens with one attached hydrogen (secondary N) is 1. The number of hydrogen-bond donors (Lipinski definition) is 2. The number of nitrogens with zero attached hydrogens (tertiary/aromatic N) is 2. The molecule has 160 valence electrons. The molecule has 0 atom stereocenters. The van der Waals surface area contributed by atoms with Crippen molar-refractivity contribution >= 4 is 33.7 Å². The van der Waals surface area contributed by atoms with Crippen molar-refractivity contribution in [3.63, 3.8) is 0 Å². The Labute approximate surface area is 181 Å². The molecule has 0 radical (unpaired) electrons. The van der Waals surface area contributed by atoms with E-state index >= 15 is 0 Å². The highest BCUT2D eigenvalue weighted by molar-refractivity contribution is 7.89. The normalized spacial score (nSPS) is 15.5. The number of aromatic hydroxyl groups is 1. The first-order valence-electron chi connectivity index (χ1n) is 9.75. The topological polar surface area (TPSA) is 99.1 Å². The lowest BCUT2D eigenvalue weighted by molar-refractivity contribution is -0.121. The highest BCUT2D eigenvalue weighted by atomic mass is 35.5. The van der Waals surface area contributed by atoms with E-state index in [0.717, 1.165) is 19.3 Å². The Hall–Kier alpha value is -2.42. The van der Waals surface area contributed by atoms with Gasteiger partial charge in [-0.25, -0.2) is 13.8 Å². The summed E-state index contributed by atoms with van der Waals surface area (Å²) in [6.07, 6.45) is 5.63. The molecule has 2 N–H and O–H groups in total. The first kappa shape index (κ1) is 22.3. The number of phenols is 1. The van der Waals surface area contributed by atoms with Gasteiger partial charge in [0.25, 0.3) is 5.91 Å². The summed E-state index contributed by atoms with van der Waals surface area (Å²) in [5, 5.41) is 14.0. The van der Waals surface area contributed by atoms with Crippen LogP contribution in [-0.4, -0.2) is 42.5 Å². The average Bonchev–Trinajstić information content (AvgIpc) is 2.74. The Morgan fingerprint density at radius 2 is 1.80 bits per heavy atom. The van der Waals surface area contributed by atoms with Crippen LogP contribution in [0.2, 0.25) is 5.02 Å². The smallest absolute Gasteiger partial charge is 0.255 e. The third-order valence-electron chi connectivity index (χ3n) is 5.03. The molecule has 2 aromatic rings. The van der Waals surface area contributed by atoms with Gasteiger partial charge in [0.15, 0.2) is 0 Å². The van der Waals surface area contributed by atoms with Crippen LogP contribution in [0.1, 0.15) is 37.7 Å². The summed E-state index contributed by atoms with van der Waals surface area (Å²) in [6.45, 7) is -0.340. The molecule has 1 amide bonds. The van der Waals surface area contributed by atoms with Gasteiger partial charge in [-0.05, 0) is 49.2 Å². The molecule has 0 spiro atoms. The molecule has 0 bridgehead atoms. The van der Waals surface area contributed by atoms with Crippen LogP contribution in [0.25, 0.3) is 0 Å². The number of sulfonamides is 1. The molecule has 0 unspecified atom stereocenters. The number of rotatable bonds is 7. The Morgan fingerprint density at radius 1 is 1.13 bits per heavy atom. The Bertz CT molecular complexity index is 1000. The van der Waals surface area contributed by atoms with Gasteiger partial charge in [-0.2, -0.15) is 9.41 Å². The molecule has 3 rings (SSSR count). The van der Waals surface area contributed by atoms with Crippen LogP contribution in [0, 0.1) is 0 Å². The predicted octanol–water partition coefficient (Wildman–Crippen LogP) is 3.52. The van der Waals surface area contributed by atoms with E-state index in [1.807, 2.05) is 0 Å². The second-order valence-electron chi connectivity index (χ2n) is 7.15. The molecular weight excluding hydrogens is 426 g/mol. The second-order valence-corrected chi connectivity index (χ2v) is 9.48. The van der Waals surface area contributed by atoms with Gasteiger partial charge in [0.2, 0.25) is 10.0 Å². The monoisotopic (exact) mass is 449 g/mol. The standard InChI is InChI=1S/C21H24ClN3O4S/c22-17-10-12-19(13-11-17)30(28,29)25(18-7-2-1-3-8-18)15-21(27)24-23-14-16-6-4-5-9-20(16)26/h4-6,9-14,18,26H,1-3,7-8,15H2,(H,24,27)/b23-14-. The van der Waals surface area contributed by atoms with Crippen LogP contribution in [0.3, 0.4) is 0 Å². The summed E-state index contributed by atoms with van der Waals surface area (Å²) < 4.78 is 27.8. The van der Waals surface area contributed by atoms with Crippen molar-refractivity contribution < 1.29 is 18.3 Å². The molecule has 1 aliphatic rings. The van der Waals surface area contributed by atoms with Crippen molar-refractivity contribution in [2.45, 2.75) is 43.0 Å². The molecule has 0 aromatic heterocycles. The fourth-order valence-corrected chi connectivity index (χ4v) is 5.24. The van der Waals surface area contributed by atoms with Gasteiger partial charge in [0.05, 0.1) is 17.7 Å². The molecule has 1 fully saturated rings. The molecule has 7 nitrogen and oxygen atoms in total. The first-order chi connectivity index (χ1) is 14.4. The molecular formula is C21H24ClN3O4S. The lowest BCUT2D eigenvalue weighted by Crippen LogP contribution is -2.46. The third kappa shape index (κ3) is 5.59. The molecule has 1 saturated carbocycles. The predicted molar refractivity (Wildman–Crippen MR) is 116 cm³/mol. The fourth-order valence-electron chi connectivity index (χ4n) is 3.47. The van der Waals surface area contributed by atoms with E-state index in [1.54, 1.807) is 18.2 Å². The van der Waals surface area contributed by atoms with Gasteiger partial charge in [-0.15, -0.1) is 0 Å². The summed E-state index contributed by atoms with van der Waals surface area (Å²) in [5.41, 5.74) is 2.79. The van der Waals surface area contributed by atoms with Crippen molar-refractivity contribution in [2.24, 2.45) is 5.10 Å². The van der Waals surface area contributed by atoms with Gasteiger partial charge in [0.1, 0.15) is 5.75 Å². The Balaban J connectivity index is 1.76. The van der Waals surface area contributed by atoms with E-state index in [-0.39, 0.29) is 23.2 Å². The maximum absolute atomic E-state index is 13.2. The van der Waals surface area contributed by atoms with Crippen molar-refractivity contribution in [2.75, 3.05) is 6.54 Å². The molecule has 9 heteroatoms. The molecule has 30 heavy (non-hydrogen) atoms. The maximum Gasteiger partial charge on any atom is 0.255 e. The number of amides is 1. The number of hydrogen-bond acceptors (Lipinski definition) is 5. The van der Waals surface area contributed by atoms with Crippen LogP contribution < -0.4 is 5.43 Å². The fraction of sp³-hybridized carbons (Fsp3) is 0.333. The molecule has 2 aromatic carbocycles. The number of halogens is 1. The van der Waals surface area contributed by atoms with E-state index in [2.05, 4.69) is 10.5 Å². The highest BCUT2D eigenvalue weighted by Gasteiger charge is 2.33. The van der Waals surface area contributed by atoms with Gasteiger partial charge in [-0.3, -0.25) is 4.79 Å². The van der Waals surface area contributed by atoms with Crippen molar-refractivity contribution in [1.82, 2.24) is 9.73 Å². The number of hydrazone groups is 1. The van der Waals surface area contributed by atoms with Gasteiger partial charge in [-0.1, -0.05) is 43.0 Å². The van der Waals surface area contributed by atoms with Crippen LogP contribution in [0.4, 0.5) is 0 Å². The van der Waals surface area contributed by atoms with Crippen molar-refractivity contribution in [1.29, 1.82) is 0 Å². The largest absolute Gasteiger partial charge is 0.507 e. The van der Waals surface area contributed by atoms with E-state index in [4.69, 9.17) is 11.6 Å². The van der Waals surface area contributed by atoms with Crippen LogP contribution in [0.15, 0.2) is 58.5 Å². The minimum Gasteiger partial charge on any atom is -0.507 e. The minimum absolute atomic E-state index is 0.0321. The van der Waals surface area contributed by atoms with Crippen molar-refractivity contribution in [3.8, 4) is 5.75 Å². The highest BCUT2D eigenvalue weighted by Crippen LogP contribution is 2.28. The number of benzene rings is 2. The average molecular weight is 450 g/mol. The maximum atomic E-state index is 13.2. The van der Waals surface area contributed by atoms with Crippen LogP contribution in [0.5, 0.6) is 5.75 Å². The summed E-state index contributed by atoms with van der Waals surface area (Å²) in [5.74, 6) is -0.519. The summed E-state index contributed by atoms with van der Waals surface area (Å²) >= 11 is 5.89. The lowest BCUT2D eigenvalue weighted by Gasteiger charge is -2.32. The van der Waals surface area contributed by atoms with Crippen LogP contribution in [-0.2, 0) is 14.8 Å². The number of phenolic OH excluding ortho intramolecular Hbond substituents is 1. The zero-order chi connectivity index (χ0) is 21.6. The van der Waals surface area contributed by atoms with E-state index < -0.39 is 15.9 Å². The molecule has 1 aliphatic carbocycles. The zero-order valence-corrected chi connectivity index (χ0v) is 17.9. The van der Waals surface area contributed by atoms with Crippen LogP contribution >= 0.6 is 11.6 Å². The summed E-state index contributed by atoms with van der Waals surface area (Å²) in [6, 6.07) is 12.2. The van der Waals surface area contributed by atoms with Gasteiger partial charge in [0, 0.05) is 16.6 Å². The third-order valence-corrected chi connectivity index (χ3v) is 7.20. The minimum atomic E-state index is -3.87. The number of carbonyl (C=O) groups excluding carboxylic acids is 1. The van der Waals surface area contributed by atoms with E-state index in [9.17, 15) is 18.3 Å². The molecule has 0 saturated heterocycles. The van der Waals surface area contributed by atoms with Gasteiger partial charge >= 0.3 is 0 Å². The first-order valence-corrected chi connectivity index (χ1v) is 11.6. The number of para-hydroxylation sites is 1. The number of carbonyl (C=O) groups is 1. The Kier molecular flexibility index (Phi) is 7.47. The lowest BCUT2D eigenvalue weighted by atomic mass is 9.95. The quantitative estimate of drug-likeness (QED) is 0.499. The van der Waals surface area contributed by atoms with Gasteiger partial charge < -0.3 is 5.11 Å².